The maximum atomic E-state index is 6.30. The molecule has 0 aliphatic heterocycles. The highest BCUT2D eigenvalue weighted by molar-refractivity contribution is 7.41. The van der Waals surface area contributed by atoms with E-state index in [4.69, 9.17) is 13.6 Å². The van der Waals surface area contributed by atoms with Crippen molar-refractivity contribution in [2.24, 2.45) is 0 Å². The molecule has 1 fully saturated rings. The molecule has 0 heterocycles. The Morgan fingerprint density at radius 3 is 1.21 bits per heavy atom. The van der Waals surface area contributed by atoms with Crippen LogP contribution in [0.3, 0.4) is 0 Å². The summed E-state index contributed by atoms with van der Waals surface area (Å²) in [5, 5.41) is 0. The van der Waals surface area contributed by atoms with Gasteiger partial charge in [-0.1, -0.05) is 149 Å². The number of unbranched alkanes of at least 4 members (excludes halogenated alkanes) is 18. The summed E-state index contributed by atoms with van der Waals surface area (Å²) < 4.78 is 18.6. The molecular weight excluding hydrogens is 439 g/mol. The van der Waals surface area contributed by atoms with Crippen LogP contribution >= 0.6 is 8.60 Å². The van der Waals surface area contributed by atoms with Gasteiger partial charge in [0.25, 0.3) is 0 Å². The summed E-state index contributed by atoms with van der Waals surface area (Å²) in [6.45, 7) is 6.17. The minimum absolute atomic E-state index is 0.361. The van der Waals surface area contributed by atoms with Crippen LogP contribution in [0, 0.1) is 0 Å². The quantitative estimate of drug-likeness (QED) is 0.0873. The molecule has 0 spiro atoms. The third-order valence-corrected chi connectivity index (χ3v) is 8.43. The summed E-state index contributed by atoms with van der Waals surface area (Å²) in [6, 6.07) is 0. The second-order valence-corrected chi connectivity index (χ2v) is 11.8. The van der Waals surface area contributed by atoms with E-state index >= 15 is 0 Å². The largest absolute Gasteiger partial charge is 0.332 e. The summed E-state index contributed by atoms with van der Waals surface area (Å²) in [5.74, 6) is 0. The summed E-state index contributed by atoms with van der Waals surface area (Å²) >= 11 is 0. The summed E-state index contributed by atoms with van der Waals surface area (Å²) in [4.78, 5) is 0. The Labute approximate surface area is 215 Å². The Balaban J connectivity index is 2.04. The third kappa shape index (κ3) is 21.6. The Hall–Kier alpha value is 0.310. The van der Waals surface area contributed by atoms with Crippen LogP contribution < -0.4 is 0 Å². The predicted octanol–water partition coefficient (Wildman–Crippen LogP) is 11.4. The molecule has 0 unspecified atom stereocenters. The average molecular weight is 501 g/mol. The predicted molar refractivity (Wildman–Crippen MR) is 150 cm³/mol. The van der Waals surface area contributed by atoms with Gasteiger partial charge in [-0.3, -0.25) is 0 Å². The van der Waals surface area contributed by atoms with Crippen LogP contribution in [0.1, 0.15) is 174 Å². The lowest BCUT2D eigenvalue weighted by atomic mass is 9.98. The van der Waals surface area contributed by atoms with Crippen LogP contribution in [0.4, 0.5) is 0 Å². The molecule has 0 aromatic rings. The zero-order chi connectivity index (χ0) is 24.4. The van der Waals surface area contributed by atoms with Crippen LogP contribution in [-0.4, -0.2) is 19.3 Å². The summed E-state index contributed by atoms with van der Waals surface area (Å²) in [7, 11) is -1.16. The molecule has 0 bridgehead atoms. The number of rotatable bonds is 26. The lowest BCUT2D eigenvalue weighted by Gasteiger charge is -2.26. The molecular formula is C30H61O3P. The van der Waals surface area contributed by atoms with Crippen molar-refractivity contribution in [2.75, 3.05) is 13.2 Å². The molecule has 0 amide bonds. The van der Waals surface area contributed by atoms with Gasteiger partial charge in [-0.2, -0.15) is 0 Å². The Morgan fingerprint density at radius 2 is 0.824 bits per heavy atom. The van der Waals surface area contributed by atoms with Crippen molar-refractivity contribution in [3.8, 4) is 0 Å². The lowest BCUT2D eigenvalue weighted by Crippen LogP contribution is -2.15. The lowest BCUT2D eigenvalue weighted by molar-refractivity contribution is 0.0934. The van der Waals surface area contributed by atoms with E-state index in [1.165, 1.54) is 148 Å². The molecule has 0 aromatic carbocycles. The molecule has 0 N–H and O–H groups in total. The van der Waals surface area contributed by atoms with E-state index in [9.17, 15) is 0 Å². The van der Waals surface area contributed by atoms with Crippen molar-refractivity contribution < 1.29 is 13.6 Å². The fourth-order valence-corrected chi connectivity index (χ4v) is 6.05. The molecule has 1 saturated carbocycles. The highest BCUT2D eigenvalue weighted by atomic mass is 31.2. The van der Waals surface area contributed by atoms with Gasteiger partial charge in [0.05, 0.1) is 19.3 Å². The van der Waals surface area contributed by atoms with Gasteiger partial charge in [-0.05, 0) is 25.7 Å². The fraction of sp³-hybridized carbons (Fsp3) is 1.00. The molecule has 0 atom stereocenters. The highest BCUT2D eigenvalue weighted by Gasteiger charge is 2.21. The van der Waals surface area contributed by atoms with Crippen molar-refractivity contribution in [3.05, 3.63) is 0 Å². The molecule has 1 aliphatic rings. The molecule has 0 aromatic heterocycles. The van der Waals surface area contributed by atoms with Crippen LogP contribution in [0.25, 0.3) is 0 Å². The second-order valence-electron chi connectivity index (χ2n) is 10.6. The van der Waals surface area contributed by atoms with Crippen molar-refractivity contribution in [3.63, 3.8) is 0 Å². The molecule has 4 heteroatoms. The maximum Gasteiger partial charge on any atom is 0.332 e. The fourth-order valence-electron chi connectivity index (χ4n) is 4.85. The number of hydrogen-bond acceptors (Lipinski definition) is 3. The highest BCUT2D eigenvalue weighted by Crippen LogP contribution is 2.44. The first-order valence-corrected chi connectivity index (χ1v) is 16.7. The maximum absolute atomic E-state index is 6.30. The molecule has 204 valence electrons. The van der Waals surface area contributed by atoms with Crippen molar-refractivity contribution in [2.45, 2.75) is 180 Å². The van der Waals surface area contributed by atoms with E-state index in [1.54, 1.807) is 0 Å². The van der Waals surface area contributed by atoms with Crippen molar-refractivity contribution in [1.82, 2.24) is 0 Å². The van der Waals surface area contributed by atoms with E-state index in [-0.39, 0.29) is 0 Å². The minimum Gasteiger partial charge on any atom is -0.312 e. The minimum atomic E-state index is -1.16. The van der Waals surface area contributed by atoms with Gasteiger partial charge in [-0.15, -0.1) is 0 Å². The first kappa shape index (κ1) is 32.3. The normalized spacial score (nSPS) is 14.9. The van der Waals surface area contributed by atoms with Gasteiger partial charge < -0.3 is 13.6 Å². The van der Waals surface area contributed by atoms with Gasteiger partial charge in [0.15, 0.2) is 0 Å². The van der Waals surface area contributed by atoms with Crippen LogP contribution in [-0.2, 0) is 13.6 Å². The Bertz CT molecular complexity index is 361. The van der Waals surface area contributed by atoms with Gasteiger partial charge in [0.1, 0.15) is 0 Å². The Kier molecular flexibility index (Phi) is 25.1. The molecule has 3 nitrogen and oxygen atoms in total. The zero-order valence-electron chi connectivity index (χ0n) is 23.3. The van der Waals surface area contributed by atoms with E-state index in [0.717, 1.165) is 26.1 Å². The van der Waals surface area contributed by atoms with Crippen LogP contribution in [0.5, 0.6) is 0 Å². The standard InChI is InChI=1S/C30H61O3P/c1-3-5-7-9-11-13-15-17-19-24-28-31-34(33-30-26-22-21-23-27-30)32-29-25-20-18-16-14-12-10-8-6-4-2/h30H,3-29H2,1-2H3. The molecule has 34 heavy (non-hydrogen) atoms. The van der Waals surface area contributed by atoms with E-state index in [0.29, 0.717) is 6.10 Å². The molecule has 1 rings (SSSR count). The van der Waals surface area contributed by atoms with E-state index in [2.05, 4.69) is 13.8 Å². The molecule has 1 aliphatic carbocycles. The zero-order valence-corrected chi connectivity index (χ0v) is 24.2. The van der Waals surface area contributed by atoms with Crippen molar-refractivity contribution >= 4 is 8.60 Å². The van der Waals surface area contributed by atoms with Crippen molar-refractivity contribution in [1.29, 1.82) is 0 Å². The topological polar surface area (TPSA) is 27.7 Å². The second kappa shape index (κ2) is 26.4. The summed E-state index contributed by atoms with van der Waals surface area (Å²) in [5.41, 5.74) is 0. The van der Waals surface area contributed by atoms with Gasteiger partial charge in [0, 0.05) is 0 Å². The van der Waals surface area contributed by atoms with Crippen LogP contribution in [0.2, 0.25) is 0 Å². The average Bonchev–Trinajstić information content (AvgIpc) is 2.86. The van der Waals surface area contributed by atoms with Gasteiger partial charge in [0.2, 0.25) is 0 Å². The van der Waals surface area contributed by atoms with E-state index < -0.39 is 8.60 Å². The monoisotopic (exact) mass is 500 g/mol. The first-order chi connectivity index (χ1) is 16.9. The summed E-state index contributed by atoms with van der Waals surface area (Å²) in [6.07, 6.45) is 33.8. The van der Waals surface area contributed by atoms with Gasteiger partial charge in [-0.25, -0.2) is 0 Å². The SMILES string of the molecule is CCCCCCCCCCCCOP(OCCCCCCCCCCCC)OC1CCCCC1. The first-order valence-electron chi connectivity index (χ1n) is 15.6. The van der Waals surface area contributed by atoms with Gasteiger partial charge >= 0.3 is 8.60 Å². The number of hydrogen-bond donors (Lipinski definition) is 0. The molecule has 0 saturated heterocycles. The smallest absolute Gasteiger partial charge is 0.312 e. The van der Waals surface area contributed by atoms with E-state index in [1.807, 2.05) is 0 Å². The van der Waals surface area contributed by atoms with Crippen LogP contribution in [0.15, 0.2) is 0 Å². The Morgan fingerprint density at radius 1 is 0.471 bits per heavy atom. The molecule has 0 radical (unpaired) electrons. The third-order valence-electron chi connectivity index (χ3n) is 7.18.